The van der Waals surface area contributed by atoms with Crippen LogP contribution in [0.25, 0.3) is 22.3 Å². The molecule has 10 nitrogen and oxygen atoms in total. The number of halogens is 1. The Morgan fingerprint density at radius 1 is 1.05 bits per heavy atom. The number of nitrogens with two attached hydrogens (primary N) is 2. The first-order valence-electron chi connectivity index (χ1n) is 13.2. The van der Waals surface area contributed by atoms with Crippen molar-refractivity contribution in [1.82, 2.24) is 24.6 Å². The van der Waals surface area contributed by atoms with E-state index in [9.17, 15) is 14.0 Å². The van der Waals surface area contributed by atoms with Crippen molar-refractivity contribution in [3.05, 3.63) is 72.3 Å². The zero-order valence-electron chi connectivity index (χ0n) is 21.7. The molecule has 4 aromatic rings. The number of likely N-dealkylation sites (tertiary alicyclic amines) is 1. The second kappa shape index (κ2) is 10.4. The molecule has 4 N–H and O–H groups in total. The van der Waals surface area contributed by atoms with Crippen molar-refractivity contribution >= 4 is 28.7 Å². The maximum Gasteiger partial charge on any atom is 0.259 e. The van der Waals surface area contributed by atoms with Gasteiger partial charge < -0.3 is 21.1 Å². The summed E-state index contributed by atoms with van der Waals surface area (Å²) in [7, 11) is 0. The Labute approximate surface area is 229 Å². The van der Waals surface area contributed by atoms with E-state index in [0.29, 0.717) is 47.1 Å². The zero-order valence-corrected chi connectivity index (χ0v) is 21.7. The van der Waals surface area contributed by atoms with Crippen molar-refractivity contribution < 1.29 is 18.7 Å². The molecule has 1 saturated carbocycles. The fourth-order valence-corrected chi connectivity index (χ4v) is 5.07. The number of anilines is 1. The summed E-state index contributed by atoms with van der Waals surface area (Å²) in [5.41, 5.74) is 13.8. The molecule has 6 rings (SSSR count). The summed E-state index contributed by atoms with van der Waals surface area (Å²) >= 11 is 0. The van der Waals surface area contributed by atoms with Gasteiger partial charge in [-0.25, -0.2) is 19.0 Å². The van der Waals surface area contributed by atoms with Crippen LogP contribution in [0.4, 0.5) is 10.2 Å². The lowest BCUT2D eigenvalue weighted by Crippen LogP contribution is -2.43. The van der Waals surface area contributed by atoms with Gasteiger partial charge in [0.15, 0.2) is 5.65 Å². The molecule has 1 aliphatic carbocycles. The fraction of sp³-hybridized carbons (Fsp3) is 0.276. The summed E-state index contributed by atoms with van der Waals surface area (Å²) in [6.07, 6.45) is 6.54. The molecule has 0 bridgehead atoms. The van der Waals surface area contributed by atoms with Crippen LogP contribution in [0, 0.1) is 11.7 Å². The predicted molar refractivity (Wildman–Crippen MR) is 146 cm³/mol. The van der Waals surface area contributed by atoms with Gasteiger partial charge in [0, 0.05) is 24.7 Å². The number of amides is 2. The molecule has 40 heavy (non-hydrogen) atoms. The van der Waals surface area contributed by atoms with E-state index in [2.05, 4.69) is 9.97 Å². The highest BCUT2D eigenvalue weighted by Crippen LogP contribution is 2.36. The summed E-state index contributed by atoms with van der Waals surface area (Å²) in [5.74, 6) is 0.0408. The number of rotatable bonds is 7. The van der Waals surface area contributed by atoms with E-state index in [1.807, 2.05) is 12.1 Å². The Morgan fingerprint density at radius 2 is 1.85 bits per heavy atom. The largest absolute Gasteiger partial charge is 0.457 e. The van der Waals surface area contributed by atoms with E-state index in [-0.39, 0.29) is 29.3 Å². The van der Waals surface area contributed by atoms with Crippen LogP contribution in [0.3, 0.4) is 0 Å². The standard InChI is InChI=1S/C29H28FN7O3/c30-19-3-1-5-22(14-19)40-21-10-8-18(9-11-21)25-24-26(31)33-16-34-28(24)37(35-25)20-4-2-12-36(15-20)29(39)23(27(32)38)13-17-6-7-17/h1,3,5,8-11,13-14,16-17,20H,2,4,6-7,12,15H2,(H2,32,38)(H2,31,33,34)/b23-13+/t20-/m1/s1. The first kappa shape index (κ1) is 25.5. The Morgan fingerprint density at radius 3 is 2.58 bits per heavy atom. The Bertz CT molecular complexity index is 1630. The molecule has 0 radical (unpaired) electrons. The van der Waals surface area contributed by atoms with Gasteiger partial charge in [-0.15, -0.1) is 0 Å². The molecule has 1 aliphatic heterocycles. The molecule has 0 unspecified atom stereocenters. The maximum atomic E-state index is 13.5. The van der Waals surface area contributed by atoms with Crippen molar-refractivity contribution in [2.75, 3.05) is 18.8 Å². The monoisotopic (exact) mass is 541 g/mol. The number of hydrogen-bond donors (Lipinski definition) is 2. The third-order valence-corrected chi connectivity index (χ3v) is 7.23. The molecule has 3 heterocycles. The van der Waals surface area contributed by atoms with Gasteiger partial charge in [-0.2, -0.15) is 5.10 Å². The van der Waals surface area contributed by atoms with Gasteiger partial charge in [0.05, 0.1) is 11.4 Å². The van der Waals surface area contributed by atoms with Crippen molar-refractivity contribution in [3.8, 4) is 22.8 Å². The number of carbonyl (C=O) groups excluding carboxylic acids is 2. The smallest absolute Gasteiger partial charge is 0.259 e. The predicted octanol–water partition coefficient (Wildman–Crippen LogP) is 3.99. The molecule has 204 valence electrons. The molecule has 11 heteroatoms. The van der Waals surface area contributed by atoms with Gasteiger partial charge in [0.2, 0.25) is 0 Å². The topological polar surface area (TPSA) is 142 Å². The first-order valence-corrected chi connectivity index (χ1v) is 13.2. The molecular weight excluding hydrogens is 513 g/mol. The normalized spacial score (nSPS) is 17.7. The highest BCUT2D eigenvalue weighted by Gasteiger charge is 2.32. The number of hydrogen-bond acceptors (Lipinski definition) is 7. The summed E-state index contributed by atoms with van der Waals surface area (Å²) < 4.78 is 21.1. The molecule has 2 fully saturated rings. The lowest BCUT2D eigenvalue weighted by molar-refractivity contribution is -0.131. The Hall–Kier alpha value is -4.80. The molecule has 2 aromatic carbocycles. The summed E-state index contributed by atoms with van der Waals surface area (Å²) in [6, 6.07) is 13.0. The molecule has 1 atom stereocenters. The number of nitrogen functional groups attached to an aromatic ring is 1. The van der Waals surface area contributed by atoms with Crippen LogP contribution in [-0.2, 0) is 9.59 Å². The average molecular weight is 542 g/mol. The number of ether oxygens (including phenoxy) is 1. The molecule has 2 aromatic heterocycles. The fourth-order valence-electron chi connectivity index (χ4n) is 5.07. The van der Waals surface area contributed by atoms with Crippen LogP contribution < -0.4 is 16.2 Å². The van der Waals surface area contributed by atoms with Crippen LogP contribution in [0.2, 0.25) is 0 Å². The summed E-state index contributed by atoms with van der Waals surface area (Å²) in [6.45, 7) is 0.884. The second-order valence-electron chi connectivity index (χ2n) is 10.2. The molecule has 2 aliphatic rings. The van der Waals surface area contributed by atoms with Gasteiger partial charge in [-0.05, 0) is 68.0 Å². The van der Waals surface area contributed by atoms with E-state index < -0.39 is 5.91 Å². The lowest BCUT2D eigenvalue weighted by atomic mass is 10.0. The van der Waals surface area contributed by atoms with Crippen LogP contribution >= 0.6 is 0 Å². The van der Waals surface area contributed by atoms with Crippen LogP contribution in [-0.4, -0.2) is 49.6 Å². The van der Waals surface area contributed by atoms with Crippen LogP contribution in [0.15, 0.2) is 66.5 Å². The average Bonchev–Trinajstić information content (AvgIpc) is 3.69. The van der Waals surface area contributed by atoms with Crippen molar-refractivity contribution in [2.45, 2.75) is 31.7 Å². The van der Waals surface area contributed by atoms with Crippen molar-refractivity contribution in [3.63, 3.8) is 0 Å². The van der Waals surface area contributed by atoms with E-state index in [4.69, 9.17) is 21.3 Å². The molecule has 0 spiro atoms. The number of carbonyl (C=O) groups is 2. The summed E-state index contributed by atoms with van der Waals surface area (Å²) in [4.78, 5) is 35.6. The van der Waals surface area contributed by atoms with E-state index in [0.717, 1.165) is 31.2 Å². The minimum Gasteiger partial charge on any atom is -0.457 e. The number of piperidine rings is 1. The number of fused-ring (bicyclic) bond motifs is 1. The number of primary amides is 1. The van der Waals surface area contributed by atoms with Gasteiger partial charge in [0.1, 0.15) is 40.7 Å². The van der Waals surface area contributed by atoms with E-state index >= 15 is 0 Å². The third kappa shape index (κ3) is 5.09. The highest BCUT2D eigenvalue weighted by atomic mass is 19.1. The van der Waals surface area contributed by atoms with Gasteiger partial charge >= 0.3 is 0 Å². The first-order chi connectivity index (χ1) is 19.4. The number of benzene rings is 2. The van der Waals surface area contributed by atoms with Crippen molar-refractivity contribution in [1.29, 1.82) is 0 Å². The minimum atomic E-state index is -0.698. The third-order valence-electron chi connectivity index (χ3n) is 7.23. The number of allylic oxidation sites excluding steroid dienone is 1. The quantitative estimate of drug-likeness (QED) is 0.205. The zero-order chi connectivity index (χ0) is 27.8. The highest BCUT2D eigenvalue weighted by molar-refractivity contribution is 6.17. The SMILES string of the molecule is NC(=O)/C(=C\C1CC1)C(=O)N1CCC[C@@H](n2nc(-c3ccc(Oc4cccc(F)c4)cc3)c3c(N)ncnc32)C1. The number of nitrogens with zero attached hydrogens (tertiary/aromatic N) is 5. The van der Waals surface area contributed by atoms with Gasteiger partial charge in [-0.1, -0.05) is 12.1 Å². The second-order valence-corrected chi connectivity index (χ2v) is 10.2. The van der Waals surface area contributed by atoms with E-state index in [1.54, 1.807) is 39.9 Å². The number of aromatic nitrogens is 4. The van der Waals surface area contributed by atoms with Gasteiger partial charge in [-0.3, -0.25) is 9.59 Å². The Balaban J connectivity index is 1.29. The lowest BCUT2D eigenvalue weighted by Gasteiger charge is -2.33. The minimum absolute atomic E-state index is 0.0567. The van der Waals surface area contributed by atoms with Crippen LogP contribution in [0.1, 0.15) is 31.7 Å². The van der Waals surface area contributed by atoms with Crippen LogP contribution in [0.5, 0.6) is 11.5 Å². The Kier molecular flexibility index (Phi) is 6.63. The van der Waals surface area contributed by atoms with Gasteiger partial charge in [0.25, 0.3) is 11.8 Å². The molecule has 1 saturated heterocycles. The summed E-state index contributed by atoms with van der Waals surface area (Å²) in [5, 5.41) is 5.51. The molecule has 2 amide bonds. The molecular formula is C29H28FN7O3. The maximum absolute atomic E-state index is 13.5. The van der Waals surface area contributed by atoms with E-state index in [1.165, 1.54) is 18.5 Å². The van der Waals surface area contributed by atoms with Crippen molar-refractivity contribution in [2.24, 2.45) is 11.7 Å².